The molecular weight excluding hydrogens is 377 g/mol. The van der Waals surface area contributed by atoms with E-state index in [1.165, 1.54) is 0 Å². The van der Waals surface area contributed by atoms with E-state index in [1.807, 2.05) is 55.5 Å². The standard InChI is InChI=1S/C17H16INO2/c1-11-6-5-9-13(16(11)18)17(20)19-14-10-15(14)21-12-7-3-2-4-8-12/h2-9,14-15H,10H2,1H3,(H,19,20). The molecule has 2 aromatic carbocycles. The fourth-order valence-corrected chi connectivity index (χ4v) is 2.80. The largest absolute Gasteiger partial charge is 0.488 e. The molecule has 3 rings (SSSR count). The normalized spacial score (nSPS) is 19.9. The molecule has 2 unspecified atom stereocenters. The molecule has 0 bridgehead atoms. The van der Waals surface area contributed by atoms with Crippen LogP contribution in [0, 0.1) is 10.5 Å². The number of hydrogen-bond acceptors (Lipinski definition) is 2. The number of carbonyl (C=O) groups excluding carboxylic acids is 1. The highest BCUT2D eigenvalue weighted by Gasteiger charge is 2.41. The van der Waals surface area contributed by atoms with Crippen LogP contribution in [0.25, 0.3) is 0 Å². The monoisotopic (exact) mass is 393 g/mol. The van der Waals surface area contributed by atoms with Crippen molar-refractivity contribution in [1.29, 1.82) is 0 Å². The summed E-state index contributed by atoms with van der Waals surface area (Å²) in [4.78, 5) is 12.3. The maximum absolute atomic E-state index is 12.3. The summed E-state index contributed by atoms with van der Waals surface area (Å²) in [6.07, 6.45) is 0.946. The molecule has 1 N–H and O–H groups in total. The lowest BCUT2D eigenvalue weighted by Crippen LogP contribution is -2.29. The van der Waals surface area contributed by atoms with Crippen molar-refractivity contribution in [2.45, 2.75) is 25.5 Å². The van der Waals surface area contributed by atoms with Gasteiger partial charge in [-0.2, -0.15) is 0 Å². The summed E-state index contributed by atoms with van der Waals surface area (Å²) in [5.74, 6) is 0.830. The van der Waals surface area contributed by atoms with E-state index in [0.717, 1.165) is 26.9 Å². The minimum Gasteiger partial charge on any atom is -0.488 e. The fraction of sp³-hybridized carbons (Fsp3) is 0.235. The van der Waals surface area contributed by atoms with E-state index in [0.29, 0.717) is 0 Å². The number of benzene rings is 2. The van der Waals surface area contributed by atoms with Gasteiger partial charge in [-0.25, -0.2) is 0 Å². The van der Waals surface area contributed by atoms with Gasteiger partial charge < -0.3 is 10.1 Å². The van der Waals surface area contributed by atoms with Gasteiger partial charge in [-0.1, -0.05) is 30.3 Å². The number of rotatable bonds is 4. The predicted octanol–water partition coefficient (Wildman–Crippen LogP) is 3.55. The summed E-state index contributed by atoms with van der Waals surface area (Å²) >= 11 is 2.22. The maximum atomic E-state index is 12.3. The van der Waals surface area contributed by atoms with Gasteiger partial charge in [0.2, 0.25) is 0 Å². The van der Waals surface area contributed by atoms with Crippen LogP contribution < -0.4 is 10.1 Å². The van der Waals surface area contributed by atoms with Crippen molar-refractivity contribution in [2.75, 3.05) is 0 Å². The molecule has 3 nitrogen and oxygen atoms in total. The van der Waals surface area contributed by atoms with E-state index < -0.39 is 0 Å². The van der Waals surface area contributed by atoms with Crippen molar-refractivity contribution in [3.63, 3.8) is 0 Å². The molecule has 2 aromatic rings. The average molecular weight is 393 g/mol. The number of carbonyl (C=O) groups is 1. The van der Waals surface area contributed by atoms with Crippen LogP contribution in [-0.2, 0) is 0 Å². The lowest BCUT2D eigenvalue weighted by molar-refractivity contribution is 0.0943. The zero-order valence-electron chi connectivity index (χ0n) is 11.7. The van der Waals surface area contributed by atoms with Crippen molar-refractivity contribution in [2.24, 2.45) is 0 Å². The van der Waals surface area contributed by atoms with Gasteiger partial charge >= 0.3 is 0 Å². The molecule has 1 fully saturated rings. The molecule has 21 heavy (non-hydrogen) atoms. The van der Waals surface area contributed by atoms with E-state index >= 15 is 0 Å². The lowest BCUT2D eigenvalue weighted by atomic mass is 10.1. The van der Waals surface area contributed by atoms with E-state index in [1.54, 1.807) is 0 Å². The van der Waals surface area contributed by atoms with Crippen molar-refractivity contribution >= 4 is 28.5 Å². The molecule has 1 aliphatic rings. The molecule has 108 valence electrons. The molecule has 2 atom stereocenters. The van der Waals surface area contributed by atoms with Gasteiger partial charge in [0.15, 0.2) is 0 Å². The summed E-state index contributed by atoms with van der Waals surface area (Å²) in [6.45, 7) is 2.01. The number of ether oxygens (including phenoxy) is 1. The SMILES string of the molecule is Cc1cccc(C(=O)NC2CC2Oc2ccccc2)c1I. The predicted molar refractivity (Wildman–Crippen MR) is 90.6 cm³/mol. The molecule has 0 heterocycles. The molecule has 4 heteroatoms. The average Bonchev–Trinajstić information content (AvgIpc) is 3.20. The molecule has 0 aromatic heterocycles. The summed E-state index contributed by atoms with van der Waals surface area (Å²) < 4.78 is 6.82. The molecule has 0 spiro atoms. The number of halogens is 1. The summed E-state index contributed by atoms with van der Waals surface area (Å²) in [7, 11) is 0. The van der Waals surface area contributed by atoms with Gasteiger partial charge in [-0.15, -0.1) is 0 Å². The highest BCUT2D eigenvalue weighted by Crippen LogP contribution is 2.28. The van der Waals surface area contributed by atoms with Gasteiger partial charge in [0, 0.05) is 9.99 Å². The Kier molecular flexibility index (Phi) is 4.14. The minimum atomic E-state index is -0.0211. The van der Waals surface area contributed by atoms with Crippen LogP contribution in [-0.4, -0.2) is 18.1 Å². The molecule has 1 aliphatic carbocycles. The van der Waals surface area contributed by atoms with Crippen LogP contribution in [0.2, 0.25) is 0 Å². The third kappa shape index (κ3) is 3.37. The number of para-hydroxylation sites is 1. The maximum Gasteiger partial charge on any atom is 0.252 e. The second-order valence-electron chi connectivity index (χ2n) is 5.22. The van der Waals surface area contributed by atoms with Gasteiger partial charge in [0.05, 0.1) is 11.6 Å². The summed E-state index contributed by atoms with van der Waals surface area (Å²) in [6, 6.07) is 15.6. The first kappa shape index (κ1) is 14.4. The Labute approximate surface area is 137 Å². The van der Waals surface area contributed by atoms with Crippen molar-refractivity contribution in [3.8, 4) is 5.75 Å². The smallest absolute Gasteiger partial charge is 0.252 e. The highest BCUT2D eigenvalue weighted by atomic mass is 127. The van der Waals surface area contributed by atoms with E-state index in [2.05, 4.69) is 27.9 Å². The Hall–Kier alpha value is -1.56. The molecule has 0 aliphatic heterocycles. The van der Waals surface area contributed by atoms with E-state index in [9.17, 15) is 4.79 Å². The van der Waals surface area contributed by atoms with Crippen LogP contribution >= 0.6 is 22.6 Å². The Morgan fingerprint density at radius 1 is 1.19 bits per heavy atom. The zero-order valence-corrected chi connectivity index (χ0v) is 13.8. The third-order valence-electron chi connectivity index (χ3n) is 3.52. The second-order valence-corrected chi connectivity index (χ2v) is 6.30. The first-order valence-electron chi connectivity index (χ1n) is 6.93. The number of nitrogens with one attached hydrogen (secondary N) is 1. The van der Waals surface area contributed by atoms with Gasteiger partial charge in [-0.3, -0.25) is 4.79 Å². The number of aryl methyl sites for hydroxylation is 1. The van der Waals surface area contributed by atoms with Crippen LogP contribution in [0.1, 0.15) is 22.3 Å². The van der Waals surface area contributed by atoms with Gasteiger partial charge in [-0.05, 0) is 53.3 Å². The van der Waals surface area contributed by atoms with Crippen molar-refractivity contribution in [1.82, 2.24) is 5.32 Å². The highest BCUT2D eigenvalue weighted by molar-refractivity contribution is 14.1. The fourth-order valence-electron chi connectivity index (χ4n) is 2.20. The first-order chi connectivity index (χ1) is 10.1. The Bertz CT molecular complexity index is 657. The van der Waals surface area contributed by atoms with Crippen LogP contribution in [0.3, 0.4) is 0 Å². The molecule has 1 saturated carbocycles. The van der Waals surface area contributed by atoms with Crippen LogP contribution in [0.15, 0.2) is 48.5 Å². The molecule has 0 saturated heterocycles. The Morgan fingerprint density at radius 2 is 1.95 bits per heavy atom. The molecular formula is C17H16INO2. The van der Waals surface area contributed by atoms with E-state index in [-0.39, 0.29) is 18.1 Å². The van der Waals surface area contributed by atoms with Crippen LogP contribution in [0.5, 0.6) is 5.75 Å². The van der Waals surface area contributed by atoms with Gasteiger partial charge in [0.1, 0.15) is 11.9 Å². The van der Waals surface area contributed by atoms with Gasteiger partial charge in [0.25, 0.3) is 5.91 Å². The molecule has 0 radical (unpaired) electrons. The van der Waals surface area contributed by atoms with E-state index in [4.69, 9.17) is 4.74 Å². The summed E-state index contributed by atoms with van der Waals surface area (Å²) in [5, 5.41) is 3.04. The third-order valence-corrected chi connectivity index (χ3v) is 4.95. The first-order valence-corrected chi connectivity index (χ1v) is 8.00. The zero-order chi connectivity index (χ0) is 14.8. The number of amides is 1. The van der Waals surface area contributed by atoms with Crippen LogP contribution in [0.4, 0.5) is 0 Å². The lowest BCUT2D eigenvalue weighted by Gasteiger charge is -2.09. The topological polar surface area (TPSA) is 38.3 Å². The van der Waals surface area contributed by atoms with Crippen molar-refractivity contribution in [3.05, 3.63) is 63.2 Å². The van der Waals surface area contributed by atoms with Crippen molar-refractivity contribution < 1.29 is 9.53 Å². The molecule has 1 amide bonds. The quantitative estimate of drug-likeness (QED) is 0.808. The second kappa shape index (κ2) is 6.05. The Morgan fingerprint density at radius 3 is 2.71 bits per heavy atom. The number of hydrogen-bond donors (Lipinski definition) is 1. The Balaban J connectivity index is 1.59. The summed E-state index contributed by atoms with van der Waals surface area (Å²) in [5.41, 5.74) is 1.86. The minimum absolute atomic E-state index is 0.0211.